The molecular formula is C22H24N10O3. The van der Waals surface area contributed by atoms with Crippen LogP contribution in [-0.4, -0.2) is 65.6 Å². The van der Waals surface area contributed by atoms with Gasteiger partial charge in [0.05, 0.1) is 5.60 Å². The smallest absolute Gasteiger partial charge is 0.243 e. The second-order valence-corrected chi connectivity index (χ2v) is 8.71. The number of aromatic amines is 2. The maximum absolute atomic E-state index is 13.7. The lowest BCUT2D eigenvalue weighted by Gasteiger charge is -2.29. The summed E-state index contributed by atoms with van der Waals surface area (Å²) in [4.78, 5) is 31.8. The van der Waals surface area contributed by atoms with Gasteiger partial charge >= 0.3 is 0 Å². The number of hydrogen-bond donors (Lipinski definition) is 4. The third kappa shape index (κ3) is 5.42. The molecule has 35 heavy (non-hydrogen) atoms. The highest BCUT2D eigenvalue weighted by Crippen LogP contribution is 2.29. The topological polar surface area (TPSA) is 176 Å². The Hall–Kier alpha value is -4.36. The molecule has 0 saturated heterocycles. The number of carbonyl (C=O) groups excluding carboxylic acids is 2. The highest BCUT2D eigenvalue weighted by Gasteiger charge is 2.41. The van der Waals surface area contributed by atoms with E-state index in [4.69, 9.17) is 4.84 Å². The SMILES string of the molecule is CC(C)(C)ONCC(C=O)(C(=O)Nc1cc(-c2nn[nH]n2)cc(-c2nn[nH]n2)c1)c1ccccc1. The molecule has 0 fully saturated rings. The number of hydrogen-bond acceptors (Lipinski definition) is 10. The molecule has 1 unspecified atom stereocenters. The number of carbonyl (C=O) groups is 2. The van der Waals surface area contributed by atoms with Crippen LogP contribution >= 0.6 is 0 Å². The van der Waals surface area contributed by atoms with Crippen molar-refractivity contribution in [1.29, 1.82) is 0 Å². The summed E-state index contributed by atoms with van der Waals surface area (Å²) in [6.07, 6.45) is 0.611. The number of aromatic nitrogens is 8. The van der Waals surface area contributed by atoms with Gasteiger partial charge in [-0.3, -0.25) is 9.63 Å². The fourth-order valence-electron chi connectivity index (χ4n) is 3.35. The molecular weight excluding hydrogens is 452 g/mol. The van der Waals surface area contributed by atoms with E-state index in [9.17, 15) is 9.59 Å². The van der Waals surface area contributed by atoms with Gasteiger partial charge in [-0.05, 0) is 55.0 Å². The normalized spacial score (nSPS) is 13.2. The molecule has 0 aliphatic rings. The van der Waals surface area contributed by atoms with E-state index in [0.717, 1.165) is 0 Å². The van der Waals surface area contributed by atoms with Crippen molar-refractivity contribution >= 4 is 17.9 Å². The zero-order chi connectivity index (χ0) is 24.9. The lowest BCUT2D eigenvalue weighted by molar-refractivity contribution is -0.131. The first kappa shape index (κ1) is 23.8. The number of nitrogens with zero attached hydrogens (tertiary/aromatic N) is 6. The number of hydroxylamine groups is 1. The van der Waals surface area contributed by atoms with Crippen LogP contribution in [0.1, 0.15) is 26.3 Å². The van der Waals surface area contributed by atoms with Crippen LogP contribution in [0.3, 0.4) is 0 Å². The molecule has 1 atom stereocenters. The van der Waals surface area contributed by atoms with Crippen LogP contribution in [0, 0.1) is 0 Å². The molecule has 0 spiro atoms. The Morgan fingerprint density at radius 2 is 1.57 bits per heavy atom. The summed E-state index contributed by atoms with van der Waals surface area (Å²) in [6.45, 7) is 5.47. The predicted octanol–water partition coefficient (Wildman–Crippen LogP) is 1.44. The number of tetrazole rings is 2. The summed E-state index contributed by atoms with van der Waals surface area (Å²) < 4.78 is 0. The molecule has 4 N–H and O–H groups in total. The second kappa shape index (κ2) is 9.87. The molecule has 0 radical (unpaired) electrons. The molecule has 13 nitrogen and oxygen atoms in total. The summed E-state index contributed by atoms with van der Waals surface area (Å²) >= 11 is 0. The predicted molar refractivity (Wildman–Crippen MR) is 124 cm³/mol. The molecule has 2 heterocycles. The van der Waals surface area contributed by atoms with E-state index >= 15 is 0 Å². The van der Waals surface area contributed by atoms with Crippen molar-refractivity contribution in [3.8, 4) is 22.8 Å². The van der Waals surface area contributed by atoms with Crippen molar-refractivity contribution in [3.63, 3.8) is 0 Å². The fraction of sp³-hybridized carbons (Fsp3) is 0.273. The van der Waals surface area contributed by atoms with Gasteiger partial charge in [-0.15, -0.1) is 20.4 Å². The quantitative estimate of drug-likeness (QED) is 0.157. The molecule has 4 rings (SSSR count). The van der Waals surface area contributed by atoms with Crippen LogP contribution < -0.4 is 10.8 Å². The molecule has 2 aromatic heterocycles. The molecule has 0 aliphatic heterocycles. The van der Waals surface area contributed by atoms with E-state index in [-0.39, 0.29) is 6.54 Å². The van der Waals surface area contributed by atoms with Gasteiger partial charge in [0, 0.05) is 23.4 Å². The van der Waals surface area contributed by atoms with Gasteiger partial charge < -0.3 is 10.1 Å². The van der Waals surface area contributed by atoms with E-state index in [1.807, 2.05) is 26.8 Å². The fourth-order valence-corrected chi connectivity index (χ4v) is 3.35. The van der Waals surface area contributed by atoms with Gasteiger partial charge in [0.1, 0.15) is 11.7 Å². The van der Waals surface area contributed by atoms with Gasteiger partial charge in [0.2, 0.25) is 17.6 Å². The Morgan fingerprint density at radius 3 is 2.06 bits per heavy atom. The van der Waals surface area contributed by atoms with Crippen molar-refractivity contribution in [2.75, 3.05) is 11.9 Å². The van der Waals surface area contributed by atoms with Gasteiger partial charge in [0.15, 0.2) is 0 Å². The third-order valence-electron chi connectivity index (χ3n) is 5.02. The van der Waals surface area contributed by atoms with Crippen molar-refractivity contribution < 1.29 is 14.4 Å². The van der Waals surface area contributed by atoms with Crippen molar-refractivity contribution in [2.24, 2.45) is 0 Å². The third-order valence-corrected chi connectivity index (χ3v) is 5.02. The van der Waals surface area contributed by atoms with E-state index < -0.39 is 16.9 Å². The lowest BCUT2D eigenvalue weighted by Crippen LogP contribution is -2.50. The number of rotatable bonds is 9. The van der Waals surface area contributed by atoms with Crippen molar-refractivity contribution in [3.05, 3.63) is 54.1 Å². The summed E-state index contributed by atoms with van der Waals surface area (Å²) in [6, 6.07) is 13.8. The van der Waals surface area contributed by atoms with E-state index in [2.05, 4.69) is 52.0 Å². The molecule has 4 aromatic rings. The molecule has 2 aromatic carbocycles. The average Bonchev–Trinajstić information content (AvgIpc) is 3.56. The first-order valence-electron chi connectivity index (χ1n) is 10.7. The minimum Gasteiger partial charge on any atom is -0.325 e. The number of H-pyrrole nitrogens is 2. The van der Waals surface area contributed by atoms with E-state index in [1.165, 1.54) is 0 Å². The number of amides is 1. The number of aldehydes is 1. The Kier molecular flexibility index (Phi) is 6.71. The van der Waals surface area contributed by atoms with E-state index in [0.29, 0.717) is 40.3 Å². The average molecular weight is 477 g/mol. The van der Waals surface area contributed by atoms with Crippen molar-refractivity contribution in [2.45, 2.75) is 31.8 Å². The summed E-state index contributed by atoms with van der Waals surface area (Å²) in [5, 5.41) is 30.8. The molecule has 0 bridgehead atoms. The first-order chi connectivity index (χ1) is 16.8. The summed E-state index contributed by atoms with van der Waals surface area (Å²) in [5.41, 5.74) is 2.65. The second-order valence-electron chi connectivity index (χ2n) is 8.71. The maximum Gasteiger partial charge on any atom is 0.243 e. The summed E-state index contributed by atoms with van der Waals surface area (Å²) in [5.74, 6) is 0.0413. The first-order valence-corrected chi connectivity index (χ1v) is 10.7. The van der Waals surface area contributed by atoms with Crippen LogP contribution in [-0.2, 0) is 19.8 Å². The minimum atomic E-state index is -1.58. The minimum absolute atomic E-state index is 0.0914. The van der Waals surface area contributed by atoms with Gasteiger partial charge in [-0.1, -0.05) is 30.3 Å². The van der Waals surface area contributed by atoms with Crippen LogP contribution in [0.2, 0.25) is 0 Å². The van der Waals surface area contributed by atoms with Gasteiger partial charge in [-0.25, -0.2) is 5.48 Å². The van der Waals surface area contributed by atoms with Crippen LogP contribution in [0.5, 0.6) is 0 Å². The van der Waals surface area contributed by atoms with Crippen molar-refractivity contribution in [1.82, 2.24) is 46.7 Å². The van der Waals surface area contributed by atoms with Crippen LogP contribution in [0.15, 0.2) is 48.5 Å². The lowest BCUT2D eigenvalue weighted by atomic mass is 9.80. The van der Waals surface area contributed by atoms with Gasteiger partial charge in [-0.2, -0.15) is 10.4 Å². The maximum atomic E-state index is 13.7. The number of nitrogens with one attached hydrogen (secondary N) is 4. The van der Waals surface area contributed by atoms with E-state index in [1.54, 1.807) is 42.5 Å². The highest BCUT2D eigenvalue weighted by atomic mass is 16.7. The monoisotopic (exact) mass is 476 g/mol. The van der Waals surface area contributed by atoms with Crippen LogP contribution in [0.25, 0.3) is 22.8 Å². The molecule has 0 aliphatic carbocycles. The Bertz CT molecular complexity index is 1220. The number of anilines is 1. The Labute approximate surface area is 200 Å². The molecule has 13 heteroatoms. The standard InChI is InChI=1S/C22H24N10O3/c1-21(2,3)35-23-12-22(13-33,16-7-5-4-6-8-16)20(34)24-17-10-14(18-25-29-30-26-18)9-15(11-17)19-27-31-32-28-19/h4-11,13,23H,12H2,1-3H3,(H,24,34)(H,25,26,29,30)(H,27,28,31,32). The zero-order valence-corrected chi connectivity index (χ0v) is 19.3. The Balaban J connectivity index is 1.71. The van der Waals surface area contributed by atoms with Gasteiger partial charge in [0.25, 0.3) is 0 Å². The summed E-state index contributed by atoms with van der Waals surface area (Å²) in [7, 11) is 0. The molecule has 180 valence electrons. The highest BCUT2D eigenvalue weighted by molar-refractivity contribution is 6.10. The largest absolute Gasteiger partial charge is 0.325 e. The molecule has 1 amide bonds. The molecule has 0 saturated carbocycles. The number of benzene rings is 2. The Morgan fingerprint density at radius 1 is 0.971 bits per heavy atom. The van der Waals surface area contributed by atoms with Crippen LogP contribution in [0.4, 0.5) is 5.69 Å². The zero-order valence-electron chi connectivity index (χ0n) is 19.3.